The van der Waals surface area contributed by atoms with Gasteiger partial charge < -0.3 is 14.8 Å². The zero-order valence-electron chi connectivity index (χ0n) is 17.3. The number of fused-ring (bicyclic) bond motifs is 2. The molecule has 2 aliphatic rings. The van der Waals surface area contributed by atoms with Crippen LogP contribution in [0.3, 0.4) is 0 Å². The summed E-state index contributed by atoms with van der Waals surface area (Å²) in [4.78, 5) is 25.6. The second-order valence-electron chi connectivity index (χ2n) is 7.75. The molecule has 1 amide bonds. The lowest BCUT2D eigenvalue weighted by Gasteiger charge is -2.22. The fourth-order valence-corrected chi connectivity index (χ4v) is 5.15. The van der Waals surface area contributed by atoms with Gasteiger partial charge in [-0.2, -0.15) is 22.0 Å². The van der Waals surface area contributed by atoms with Gasteiger partial charge in [0.2, 0.25) is 5.88 Å². The second kappa shape index (κ2) is 8.01. The van der Waals surface area contributed by atoms with Crippen molar-refractivity contribution in [3.05, 3.63) is 51.4 Å². The summed E-state index contributed by atoms with van der Waals surface area (Å²) >= 11 is 1.81. The molecule has 2 atom stereocenters. The summed E-state index contributed by atoms with van der Waals surface area (Å²) in [5.41, 5.74) is 2.98. The molecule has 0 spiro atoms. The Balaban J connectivity index is 1.39. The van der Waals surface area contributed by atoms with E-state index >= 15 is 0 Å². The van der Waals surface area contributed by atoms with Crippen molar-refractivity contribution in [1.29, 1.82) is 0 Å². The predicted molar refractivity (Wildman–Crippen MR) is 117 cm³/mol. The van der Waals surface area contributed by atoms with Crippen LogP contribution in [0.15, 0.2) is 29.1 Å². The molecule has 0 aliphatic carbocycles. The highest BCUT2D eigenvalue weighted by atomic mass is 32.2. The number of ether oxygens (including phenoxy) is 2. The smallest absolute Gasteiger partial charge is 0.267 e. The number of carbonyl (C=O) groups excluding carboxylic acids is 1. The van der Waals surface area contributed by atoms with E-state index in [0.717, 1.165) is 34.6 Å². The second-order valence-corrected chi connectivity index (χ2v) is 8.86. The van der Waals surface area contributed by atoms with Crippen LogP contribution in [0.4, 0.5) is 0 Å². The van der Waals surface area contributed by atoms with E-state index in [9.17, 15) is 9.59 Å². The minimum absolute atomic E-state index is 0.155. The molecule has 0 bridgehead atoms. The Hall–Kier alpha value is -2.85. The van der Waals surface area contributed by atoms with Gasteiger partial charge >= 0.3 is 0 Å². The average molecular weight is 442 g/mol. The van der Waals surface area contributed by atoms with Crippen LogP contribution in [0.25, 0.3) is 10.9 Å². The quantitative estimate of drug-likeness (QED) is 0.651. The van der Waals surface area contributed by atoms with Crippen LogP contribution in [-0.4, -0.2) is 57.6 Å². The standard InChI is InChI=1S/C21H23N5O4S/c1-25-21(29-2)14-4-3-12(7-16(14)23-25)20(28)22-17-9-30-10-18(17)26-19(27)8-13-11-31-6-5-15(13)24-26/h3-4,7-8,17-18H,5-6,9-11H2,1-2H3,(H,22,28). The van der Waals surface area contributed by atoms with E-state index in [4.69, 9.17) is 9.47 Å². The molecule has 2 aromatic heterocycles. The molecule has 0 saturated carbocycles. The fraction of sp³-hybridized carbons (Fsp3) is 0.429. The largest absolute Gasteiger partial charge is 0.481 e. The molecule has 1 aromatic carbocycles. The van der Waals surface area contributed by atoms with Gasteiger partial charge in [0, 0.05) is 30.9 Å². The van der Waals surface area contributed by atoms with Crippen LogP contribution >= 0.6 is 11.8 Å². The molecule has 1 saturated heterocycles. The van der Waals surface area contributed by atoms with Crippen LogP contribution in [0.5, 0.6) is 5.88 Å². The zero-order chi connectivity index (χ0) is 21.5. The molecule has 1 N–H and O–H groups in total. The van der Waals surface area contributed by atoms with Gasteiger partial charge in [0.05, 0.1) is 43.0 Å². The highest BCUT2D eigenvalue weighted by molar-refractivity contribution is 7.98. The first-order valence-corrected chi connectivity index (χ1v) is 11.3. The number of aryl methyl sites for hydroxylation is 2. The zero-order valence-corrected chi connectivity index (χ0v) is 18.1. The van der Waals surface area contributed by atoms with Gasteiger partial charge in [0.15, 0.2) is 0 Å². The molecule has 1 fully saturated rings. The lowest BCUT2D eigenvalue weighted by Crippen LogP contribution is -2.44. The van der Waals surface area contributed by atoms with Gasteiger partial charge in [0.25, 0.3) is 11.5 Å². The molecule has 2 aliphatic heterocycles. The minimum Gasteiger partial charge on any atom is -0.481 e. The number of amides is 1. The summed E-state index contributed by atoms with van der Waals surface area (Å²) in [5.74, 6) is 2.22. The summed E-state index contributed by atoms with van der Waals surface area (Å²) in [5, 5.41) is 12.9. The van der Waals surface area contributed by atoms with E-state index in [-0.39, 0.29) is 23.6 Å². The summed E-state index contributed by atoms with van der Waals surface area (Å²) in [6.45, 7) is 0.666. The van der Waals surface area contributed by atoms with Crippen LogP contribution in [-0.2, 0) is 24.0 Å². The topological polar surface area (TPSA) is 100 Å². The van der Waals surface area contributed by atoms with E-state index in [2.05, 4.69) is 15.5 Å². The Kier molecular flexibility index (Phi) is 5.19. The van der Waals surface area contributed by atoms with Crippen molar-refractivity contribution in [2.24, 2.45) is 7.05 Å². The third-order valence-electron chi connectivity index (χ3n) is 5.78. The van der Waals surface area contributed by atoms with Crippen LogP contribution in [0.2, 0.25) is 0 Å². The van der Waals surface area contributed by atoms with Crippen LogP contribution in [0.1, 0.15) is 27.7 Å². The van der Waals surface area contributed by atoms with E-state index in [1.165, 1.54) is 4.68 Å². The van der Waals surface area contributed by atoms with Gasteiger partial charge in [-0.15, -0.1) is 0 Å². The molecule has 9 nitrogen and oxygen atoms in total. The normalized spacial score (nSPS) is 20.6. The van der Waals surface area contributed by atoms with Crippen molar-refractivity contribution in [1.82, 2.24) is 24.9 Å². The van der Waals surface area contributed by atoms with Gasteiger partial charge in [-0.05, 0) is 29.5 Å². The predicted octanol–water partition coefficient (Wildman–Crippen LogP) is 1.30. The molecule has 31 heavy (non-hydrogen) atoms. The molecule has 0 radical (unpaired) electrons. The van der Waals surface area contributed by atoms with Crippen molar-refractivity contribution < 1.29 is 14.3 Å². The number of methoxy groups -OCH3 is 1. The molecule has 5 rings (SSSR count). The van der Waals surface area contributed by atoms with Gasteiger partial charge in [0.1, 0.15) is 6.04 Å². The lowest BCUT2D eigenvalue weighted by molar-refractivity contribution is 0.0924. The number of hydrogen-bond acceptors (Lipinski definition) is 7. The molecule has 10 heteroatoms. The van der Waals surface area contributed by atoms with Crippen molar-refractivity contribution >= 4 is 28.6 Å². The lowest BCUT2D eigenvalue weighted by atomic mass is 10.1. The van der Waals surface area contributed by atoms with E-state index in [0.29, 0.717) is 30.2 Å². The van der Waals surface area contributed by atoms with Crippen LogP contribution in [0, 0.1) is 0 Å². The number of aromatic nitrogens is 4. The highest BCUT2D eigenvalue weighted by Gasteiger charge is 2.33. The SMILES string of the molecule is COc1c2ccc(C(=O)NC3COCC3n3nc4c(cc3=O)CSCC4)cc2nn1C. The summed E-state index contributed by atoms with van der Waals surface area (Å²) < 4.78 is 14.1. The molecular formula is C21H23N5O4S. The number of rotatable bonds is 4. The third kappa shape index (κ3) is 3.59. The molecule has 3 aromatic rings. The van der Waals surface area contributed by atoms with E-state index < -0.39 is 0 Å². The monoisotopic (exact) mass is 441 g/mol. The Labute approximate surface area is 182 Å². The first-order chi connectivity index (χ1) is 15.0. The molecule has 162 valence electrons. The van der Waals surface area contributed by atoms with Crippen molar-refractivity contribution in [2.75, 3.05) is 26.1 Å². The van der Waals surface area contributed by atoms with Crippen molar-refractivity contribution in [3.8, 4) is 5.88 Å². The Morgan fingerprint density at radius 2 is 2.16 bits per heavy atom. The summed E-state index contributed by atoms with van der Waals surface area (Å²) in [6.07, 6.45) is 0.846. The number of hydrogen-bond donors (Lipinski definition) is 1. The summed E-state index contributed by atoms with van der Waals surface area (Å²) in [7, 11) is 3.38. The number of nitrogens with one attached hydrogen (secondary N) is 1. The molecule has 4 heterocycles. The Morgan fingerprint density at radius 3 is 3.00 bits per heavy atom. The van der Waals surface area contributed by atoms with E-state index in [1.807, 2.05) is 17.8 Å². The highest BCUT2D eigenvalue weighted by Crippen LogP contribution is 2.26. The average Bonchev–Trinajstić information content (AvgIpc) is 3.35. The Bertz CT molecular complexity index is 1220. The maximum Gasteiger partial charge on any atom is 0.267 e. The van der Waals surface area contributed by atoms with Crippen LogP contribution < -0.4 is 15.6 Å². The number of nitrogens with zero attached hydrogens (tertiary/aromatic N) is 4. The first-order valence-electron chi connectivity index (χ1n) is 10.1. The maximum atomic E-state index is 13.0. The number of thioether (sulfide) groups is 1. The first kappa shape index (κ1) is 20.1. The Morgan fingerprint density at radius 1 is 1.29 bits per heavy atom. The van der Waals surface area contributed by atoms with Gasteiger partial charge in [-0.1, -0.05) is 0 Å². The summed E-state index contributed by atoms with van der Waals surface area (Å²) in [6, 6.07) is 6.30. The van der Waals surface area contributed by atoms with Crippen molar-refractivity contribution in [2.45, 2.75) is 24.3 Å². The minimum atomic E-state index is -0.345. The van der Waals surface area contributed by atoms with Crippen molar-refractivity contribution in [3.63, 3.8) is 0 Å². The number of benzene rings is 1. The third-order valence-corrected chi connectivity index (χ3v) is 6.79. The van der Waals surface area contributed by atoms with Gasteiger partial charge in [-0.25, -0.2) is 9.36 Å². The number of carbonyl (C=O) groups is 1. The van der Waals surface area contributed by atoms with Gasteiger partial charge in [-0.3, -0.25) is 9.59 Å². The fourth-order valence-electron chi connectivity index (χ4n) is 4.20. The maximum absolute atomic E-state index is 13.0. The molecule has 2 unspecified atom stereocenters. The molecular weight excluding hydrogens is 418 g/mol. The van der Waals surface area contributed by atoms with E-state index in [1.54, 1.807) is 37.0 Å².